The fourth-order valence-electron chi connectivity index (χ4n) is 16.0. The second-order valence-electron chi connectivity index (χ2n) is 23.2. The van der Waals surface area contributed by atoms with Gasteiger partial charge in [0, 0.05) is 5.54 Å². The van der Waals surface area contributed by atoms with Crippen LogP contribution in [0.5, 0.6) is 0 Å². The van der Waals surface area contributed by atoms with Crippen LogP contribution in [0.25, 0.3) is 0 Å². The van der Waals surface area contributed by atoms with E-state index in [1.54, 1.807) is 0 Å². The van der Waals surface area contributed by atoms with Crippen molar-refractivity contribution in [3.63, 3.8) is 0 Å². The summed E-state index contributed by atoms with van der Waals surface area (Å²) in [7, 11) is 0. The Morgan fingerprint density at radius 2 is 1.56 bits per heavy atom. The standard InChI is InChI=1S/C53H78FNO4/c1-36(2)39-18-25-53(55-33-32-52(58)29-26-47(5,57)27-30-52)31-28-49(7)41(44(39)53)14-15-43-48(6)21-19-40(46(3,4)42(48)20-22-50(43,49)8)38-16-23-51(35-54,24-17-38)45(56)59-34-37-12-10-9-11-13-37/h9-13,16,19,39,41-44,55,57-58H,1,14-15,17-18,20-35H2,2-8H3/t39-,41+,42-,43+,44+,47-,48-,49+,50+,51-,52+,53-/m0/s1. The van der Waals surface area contributed by atoms with Crippen LogP contribution in [-0.2, 0) is 16.1 Å². The molecule has 0 saturated heterocycles. The molecule has 1 aromatic rings. The van der Waals surface area contributed by atoms with E-state index in [9.17, 15) is 19.4 Å². The summed E-state index contributed by atoms with van der Waals surface area (Å²) in [5.41, 5.74) is 3.41. The molecule has 8 rings (SSSR count). The van der Waals surface area contributed by atoms with Gasteiger partial charge in [0.1, 0.15) is 13.3 Å². The molecule has 0 unspecified atom stereocenters. The summed E-state index contributed by atoms with van der Waals surface area (Å²) >= 11 is 0. The van der Waals surface area contributed by atoms with Gasteiger partial charge in [0.25, 0.3) is 0 Å². The Kier molecular flexibility index (Phi) is 11.2. The van der Waals surface area contributed by atoms with Crippen molar-refractivity contribution in [3.8, 4) is 0 Å². The summed E-state index contributed by atoms with van der Waals surface area (Å²) in [4.78, 5) is 13.4. The molecule has 3 N–H and O–H groups in total. The van der Waals surface area contributed by atoms with Crippen LogP contribution in [-0.4, -0.2) is 46.1 Å². The first-order valence-electron chi connectivity index (χ1n) is 23.8. The molecular formula is C53H78FNO4. The Hall–Kier alpha value is -2.28. The molecule has 0 amide bonds. The minimum absolute atomic E-state index is 0.0121. The number of rotatable bonds is 10. The van der Waals surface area contributed by atoms with E-state index in [2.05, 4.69) is 65.6 Å². The molecule has 0 aliphatic heterocycles. The molecular weight excluding hydrogens is 734 g/mol. The van der Waals surface area contributed by atoms with Crippen LogP contribution in [0.3, 0.4) is 0 Å². The third-order valence-corrected chi connectivity index (χ3v) is 19.8. The van der Waals surface area contributed by atoms with Crippen LogP contribution < -0.4 is 5.32 Å². The van der Waals surface area contributed by atoms with Crippen LogP contribution in [0, 0.1) is 56.7 Å². The van der Waals surface area contributed by atoms with Crippen LogP contribution in [0.15, 0.2) is 65.8 Å². The number of aliphatic hydroxyl groups is 2. The monoisotopic (exact) mass is 812 g/mol. The van der Waals surface area contributed by atoms with Crippen LogP contribution in [0.4, 0.5) is 4.39 Å². The van der Waals surface area contributed by atoms with Crippen molar-refractivity contribution in [1.29, 1.82) is 0 Å². The Labute approximate surface area is 356 Å². The molecule has 6 heteroatoms. The first-order valence-corrected chi connectivity index (χ1v) is 23.8. The maximum absolute atomic E-state index is 14.8. The molecule has 0 radical (unpaired) electrons. The second kappa shape index (κ2) is 15.2. The zero-order valence-corrected chi connectivity index (χ0v) is 37.9. The van der Waals surface area contributed by atoms with Gasteiger partial charge in [-0.3, -0.25) is 4.79 Å². The van der Waals surface area contributed by atoms with Gasteiger partial charge in [0.05, 0.1) is 16.6 Å². The number of hydrogen-bond acceptors (Lipinski definition) is 5. The highest BCUT2D eigenvalue weighted by Gasteiger charge is 2.70. The number of alkyl halides is 1. The summed E-state index contributed by atoms with van der Waals surface area (Å²) in [5.74, 6) is 2.56. The Bertz CT molecular complexity index is 1820. The van der Waals surface area contributed by atoms with Gasteiger partial charge >= 0.3 is 5.97 Å². The summed E-state index contributed by atoms with van der Waals surface area (Å²) in [5, 5.41) is 26.3. The molecule has 59 heavy (non-hydrogen) atoms. The molecule has 7 aliphatic rings. The van der Waals surface area contributed by atoms with Crippen molar-refractivity contribution < 1.29 is 24.1 Å². The number of fused-ring (bicyclic) bond motifs is 7. The van der Waals surface area contributed by atoms with Crippen molar-refractivity contribution in [1.82, 2.24) is 5.32 Å². The van der Waals surface area contributed by atoms with Crippen LogP contribution >= 0.6 is 0 Å². The number of hydrogen-bond donors (Lipinski definition) is 3. The zero-order valence-electron chi connectivity index (χ0n) is 37.9. The predicted octanol–water partition coefficient (Wildman–Crippen LogP) is 11.8. The van der Waals surface area contributed by atoms with Gasteiger partial charge in [0.15, 0.2) is 0 Å². The molecule has 0 spiro atoms. The summed E-state index contributed by atoms with van der Waals surface area (Å²) in [6, 6.07) is 9.68. The highest BCUT2D eigenvalue weighted by atomic mass is 19.1. The molecule has 0 heterocycles. The van der Waals surface area contributed by atoms with Crippen molar-refractivity contribution in [2.75, 3.05) is 13.2 Å². The van der Waals surface area contributed by atoms with E-state index >= 15 is 0 Å². The van der Waals surface area contributed by atoms with E-state index in [0.29, 0.717) is 74.5 Å². The van der Waals surface area contributed by atoms with E-state index in [1.807, 2.05) is 37.3 Å². The van der Waals surface area contributed by atoms with Gasteiger partial charge < -0.3 is 20.3 Å². The SMILES string of the molecule is C=C(C)[C@@H]1CC[C@]2(NCC[C@]3(O)CC[C@@](C)(O)CC3)CC[C@]3(C)[C@H](CC[C@@H]4[C@@]5(C)CC=C(C6=CC[C@](CF)(C(=O)OCc7ccccc7)CC6)C(C)(C)[C@@H]5CC[C@]43C)[C@@H]12. The number of carbonyl (C=O) groups excluding carboxylic acids is 1. The average Bonchev–Trinajstić information content (AvgIpc) is 3.59. The number of benzene rings is 1. The average molecular weight is 812 g/mol. The molecule has 1 aromatic carbocycles. The fourth-order valence-corrected chi connectivity index (χ4v) is 16.0. The Morgan fingerprint density at radius 1 is 0.831 bits per heavy atom. The molecule has 5 nitrogen and oxygen atoms in total. The number of nitrogens with one attached hydrogen (secondary N) is 1. The first kappa shape index (κ1) is 43.4. The van der Waals surface area contributed by atoms with Crippen molar-refractivity contribution >= 4 is 5.97 Å². The minimum Gasteiger partial charge on any atom is -0.460 e. The third kappa shape index (κ3) is 7.08. The van der Waals surface area contributed by atoms with Crippen LogP contribution in [0.1, 0.15) is 163 Å². The van der Waals surface area contributed by atoms with Gasteiger partial charge in [0.2, 0.25) is 0 Å². The lowest BCUT2D eigenvalue weighted by Crippen LogP contribution is -2.68. The van der Waals surface area contributed by atoms with E-state index in [0.717, 1.165) is 24.9 Å². The predicted molar refractivity (Wildman–Crippen MR) is 236 cm³/mol. The number of ether oxygens (including phenoxy) is 1. The molecule has 0 bridgehead atoms. The number of allylic oxidation sites excluding steroid dienone is 5. The maximum atomic E-state index is 14.8. The third-order valence-electron chi connectivity index (χ3n) is 19.8. The van der Waals surface area contributed by atoms with Gasteiger partial charge in [-0.1, -0.05) is 89.3 Å². The van der Waals surface area contributed by atoms with Crippen LogP contribution in [0.2, 0.25) is 0 Å². The van der Waals surface area contributed by atoms with E-state index in [-0.39, 0.29) is 33.8 Å². The summed E-state index contributed by atoms with van der Waals surface area (Å²) < 4.78 is 20.5. The second-order valence-corrected chi connectivity index (χ2v) is 23.2. The van der Waals surface area contributed by atoms with Gasteiger partial charge in [-0.25, -0.2) is 4.39 Å². The molecule has 5 saturated carbocycles. The molecule has 326 valence electrons. The quantitative estimate of drug-likeness (QED) is 0.162. The lowest BCUT2D eigenvalue weighted by atomic mass is 9.33. The van der Waals surface area contributed by atoms with E-state index in [4.69, 9.17) is 4.74 Å². The smallest absolute Gasteiger partial charge is 0.315 e. The fraction of sp³-hybridized carbons (Fsp3) is 0.755. The Balaban J connectivity index is 0.997. The highest BCUT2D eigenvalue weighted by Crippen LogP contribution is 2.76. The summed E-state index contributed by atoms with van der Waals surface area (Å²) in [6.07, 6.45) is 20.9. The summed E-state index contributed by atoms with van der Waals surface area (Å²) in [6.45, 7) is 22.2. The lowest BCUT2D eigenvalue weighted by molar-refractivity contribution is -0.221. The lowest BCUT2D eigenvalue weighted by Gasteiger charge is -2.72. The minimum atomic E-state index is -1.10. The van der Waals surface area contributed by atoms with Crippen molar-refractivity contribution in [2.45, 2.75) is 181 Å². The molecule has 5 fully saturated rings. The van der Waals surface area contributed by atoms with Gasteiger partial charge in [-0.2, -0.15) is 0 Å². The molecule has 10 atom stereocenters. The van der Waals surface area contributed by atoms with Crippen molar-refractivity contribution in [3.05, 3.63) is 71.3 Å². The normalized spacial score (nSPS) is 45.2. The van der Waals surface area contributed by atoms with E-state index < -0.39 is 29.3 Å². The van der Waals surface area contributed by atoms with Gasteiger partial charge in [-0.05, 0) is 198 Å². The van der Waals surface area contributed by atoms with Gasteiger partial charge in [-0.15, -0.1) is 0 Å². The van der Waals surface area contributed by atoms with Crippen molar-refractivity contribution in [2.24, 2.45) is 56.7 Å². The number of halogens is 1. The largest absolute Gasteiger partial charge is 0.460 e. The Morgan fingerprint density at radius 3 is 2.22 bits per heavy atom. The highest BCUT2D eigenvalue weighted by molar-refractivity contribution is 5.78. The molecule has 7 aliphatic carbocycles. The first-order chi connectivity index (χ1) is 27.8. The number of carbonyl (C=O) groups is 1. The van der Waals surface area contributed by atoms with E-state index in [1.165, 1.54) is 68.1 Å². The maximum Gasteiger partial charge on any atom is 0.315 e. The molecule has 0 aromatic heterocycles. The number of esters is 1. The topological polar surface area (TPSA) is 78.8 Å². The zero-order chi connectivity index (χ0) is 42.3.